The Hall–Kier alpha value is -1.86. The van der Waals surface area contributed by atoms with Gasteiger partial charge in [-0.15, -0.1) is 23.2 Å². The lowest BCUT2D eigenvalue weighted by molar-refractivity contribution is -0.124. The van der Waals surface area contributed by atoms with E-state index in [0.717, 1.165) is 45.3 Å². The number of halogens is 3. The van der Waals surface area contributed by atoms with Crippen molar-refractivity contribution in [1.82, 2.24) is 20.0 Å². The van der Waals surface area contributed by atoms with E-state index in [0.29, 0.717) is 38.5 Å². The molecule has 3 N–H and O–H groups in total. The molecule has 4 aliphatic rings. The molecular weight excluding hydrogens is 673 g/mol. The van der Waals surface area contributed by atoms with Crippen LogP contribution in [-0.4, -0.2) is 124 Å². The van der Waals surface area contributed by atoms with Gasteiger partial charge in [0.2, 0.25) is 11.1 Å². The molecule has 0 unspecified atom stereocenters. The van der Waals surface area contributed by atoms with Crippen LogP contribution in [0.15, 0.2) is 0 Å². The van der Waals surface area contributed by atoms with Gasteiger partial charge in [0, 0.05) is 50.7 Å². The first-order valence-electron chi connectivity index (χ1n) is 16.4. The van der Waals surface area contributed by atoms with Gasteiger partial charge in [0.05, 0.1) is 18.3 Å². The van der Waals surface area contributed by atoms with Crippen LogP contribution in [0.5, 0.6) is 0 Å². The first-order chi connectivity index (χ1) is 21.9. The van der Waals surface area contributed by atoms with Crippen molar-refractivity contribution >= 4 is 63.9 Å². The largest absolute Gasteiger partial charge is 0.444 e. The van der Waals surface area contributed by atoms with Gasteiger partial charge in [-0.1, -0.05) is 0 Å². The number of carbonyl (C=O) groups is 5. The number of alkyl halides is 2. The van der Waals surface area contributed by atoms with E-state index < -0.39 is 16.4 Å². The van der Waals surface area contributed by atoms with Crippen LogP contribution in [0.1, 0.15) is 92.9 Å². The van der Waals surface area contributed by atoms with Crippen molar-refractivity contribution in [2.75, 3.05) is 51.0 Å². The average Bonchev–Trinajstić information content (AvgIpc) is 3.75. The van der Waals surface area contributed by atoms with Crippen molar-refractivity contribution in [2.45, 2.75) is 122 Å². The Morgan fingerprint density at radius 2 is 1.32 bits per heavy atom. The van der Waals surface area contributed by atoms with E-state index in [9.17, 15) is 24.0 Å². The van der Waals surface area contributed by atoms with Crippen molar-refractivity contribution < 1.29 is 33.4 Å². The zero-order valence-corrected chi connectivity index (χ0v) is 31.2. The number of nitrogens with one attached hydrogen (secondary N) is 1. The molecule has 15 heteroatoms. The van der Waals surface area contributed by atoms with Gasteiger partial charge in [-0.25, -0.2) is 9.59 Å². The molecule has 0 radical (unpaired) electrons. The average molecular weight is 729 g/mol. The number of nitrogens with zero attached hydrogens (tertiary/aromatic N) is 3. The minimum Gasteiger partial charge on any atom is -0.444 e. The molecule has 3 atom stereocenters. The second-order valence-corrected chi connectivity index (χ2v) is 14.9. The molecule has 12 nitrogen and oxygen atoms in total. The third kappa shape index (κ3) is 17.9. The van der Waals surface area contributed by atoms with E-state index >= 15 is 0 Å². The smallest absolute Gasteiger partial charge is 0.410 e. The molecule has 0 aliphatic carbocycles. The quantitative estimate of drug-likeness (QED) is 0.288. The third-order valence-electron chi connectivity index (χ3n) is 7.67. The van der Waals surface area contributed by atoms with Crippen LogP contribution in [0.4, 0.5) is 9.59 Å². The fourth-order valence-electron chi connectivity index (χ4n) is 5.54. The molecule has 0 spiro atoms. The second-order valence-electron chi connectivity index (χ2n) is 13.9. The van der Waals surface area contributed by atoms with Crippen LogP contribution in [0.25, 0.3) is 0 Å². The maximum absolute atomic E-state index is 12.0. The van der Waals surface area contributed by atoms with E-state index in [1.54, 1.807) is 9.80 Å². The molecule has 0 aromatic heterocycles. The normalized spacial score (nSPS) is 22.3. The molecule has 0 aromatic carbocycles. The highest BCUT2D eigenvalue weighted by Gasteiger charge is 2.33. The Kier molecular flexibility index (Phi) is 19.5. The lowest BCUT2D eigenvalue weighted by Crippen LogP contribution is -2.51. The summed E-state index contributed by atoms with van der Waals surface area (Å²) in [6.07, 6.45) is 7.08. The van der Waals surface area contributed by atoms with Crippen molar-refractivity contribution in [3.8, 4) is 0 Å². The molecule has 3 amide bonds. The van der Waals surface area contributed by atoms with E-state index in [1.807, 2.05) is 41.5 Å². The number of likely N-dealkylation sites (tertiary alicyclic amines) is 2. The van der Waals surface area contributed by atoms with Gasteiger partial charge in [-0.2, -0.15) is 0 Å². The molecule has 47 heavy (non-hydrogen) atoms. The summed E-state index contributed by atoms with van der Waals surface area (Å²) in [5, 5.41) is 2.37. The van der Waals surface area contributed by atoms with Crippen LogP contribution < -0.4 is 11.1 Å². The fourth-order valence-corrected chi connectivity index (χ4v) is 5.67. The molecule has 4 aliphatic heterocycles. The summed E-state index contributed by atoms with van der Waals surface area (Å²) in [7, 11) is 0. The number of hydrogen-bond acceptors (Lipinski definition) is 9. The number of fused-ring (bicyclic) bond motifs is 1. The number of Topliss-reactive ketones (excluding diaryl/α,β-unsaturated/α-hetero) is 1. The zero-order valence-electron chi connectivity index (χ0n) is 29.0. The van der Waals surface area contributed by atoms with Crippen molar-refractivity contribution in [1.29, 1.82) is 0 Å². The Morgan fingerprint density at radius 3 is 1.79 bits per heavy atom. The van der Waals surface area contributed by atoms with E-state index in [-0.39, 0.29) is 47.7 Å². The SMILES string of the molecule is CC(C)(C)OC(=O)N1CCC[C@@H]1CCC(=O)CCl.CC(C)(C)OC(=O)N1CCC[C@@H]1CN.O=C(Cl)CCl.O=C1CN2CCC[C@@H]2CN1. The highest BCUT2D eigenvalue weighted by molar-refractivity contribution is 6.67. The predicted octanol–water partition coefficient (Wildman–Crippen LogP) is 4.89. The molecule has 0 bridgehead atoms. The standard InChI is InChI=1S/C13H22ClNO3.C10H20N2O2.C7H12N2O.C2H2Cl2O/c1-13(2,3)18-12(17)15-8-4-5-10(15)6-7-11(16)9-14;1-10(2,3)14-9(13)12-6-4-5-8(12)7-11;10-7-5-9-3-1-2-6(9)4-8-7;3-1-2(4)5/h10H,4-9H2,1-3H3;8H,4-7,11H2,1-3H3;6H,1-5H2,(H,8,10);1H2/t10-;8-;6-;/m111./s1. The first-order valence-corrected chi connectivity index (χ1v) is 17.9. The van der Waals surface area contributed by atoms with Gasteiger partial charge in [0.15, 0.2) is 0 Å². The van der Waals surface area contributed by atoms with E-state index in [1.165, 1.54) is 12.8 Å². The molecule has 4 rings (SSSR count). The summed E-state index contributed by atoms with van der Waals surface area (Å²) in [5.74, 6) is 0.187. The van der Waals surface area contributed by atoms with Crippen LogP contribution in [-0.2, 0) is 23.9 Å². The molecule has 4 heterocycles. The van der Waals surface area contributed by atoms with Gasteiger partial charge in [-0.3, -0.25) is 19.3 Å². The number of amides is 3. The summed E-state index contributed by atoms with van der Waals surface area (Å²) < 4.78 is 10.6. The highest BCUT2D eigenvalue weighted by Crippen LogP contribution is 2.24. The Bertz CT molecular complexity index is 1020. The van der Waals surface area contributed by atoms with E-state index in [2.05, 4.69) is 10.2 Å². The summed E-state index contributed by atoms with van der Waals surface area (Å²) >= 11 is 15.0. The lowest BCUT2D eigenvalue weighted by Gasteiger charge is -2.28. The number of carbonyl (C=O) groups excluding carboxylic acids is 5. The number of ketones is 1. The van der Waals surface area contributed by atoms with Gasteiger partial charge in [0.1, 0.15) is 17.0 Å². The number of nitrogens with two attached hydrogens (primary N) is 1. The molecule has 4 saturated heterocycles. The summed E-state index contributed by atoms with van der Waals surface area (Å²) in [4.78, 5) is 60.9. The van der Waals surface area contributed by atoms with Crippen molar-refractivity contribution in [2.24, 2.45) is 5.73 Å². The zero-order chi connectivity index (χ0) is 35.8. The van der Waals surface area contributed by atoms with Crippen molar-refractivity contribution in [3.05, 3.63) is 0 Å². The number of hydrogen-bond donors (Lipinski definition) is 2. The van der Waals surface area contributed by atoms with E-state index in [4.69, 9.17) is 50.0 Å². The summed E-state index contributed by atoms with van der Waals surface area (Å²) in [6.45, 7) is 15.8. The predicted molar refractivity (Wildman–Crippen MR) is 185 cm³/mol. The topological polar surface area (TPSA) is 152 Å². The van der Waals surface area contributed by atoms with Gasteiger partial charge in [0.25, 0.3) is 0 Å². The van der Waals surface area contributed by atoms with Gasteiger partial charge < -0.3 is 30.3 Å². The van der Waals surface area contributed by atoms with Crippen molar-refractivity contribution in [3.63, 3.8) is 0 Å². The molecule has 0 aromatic rings. The molecular formula is C32H56Cl3N5O7. The maximum atomic E-state index is 12.0. The second kappa shape index (κ2) is 21.3. The summed E-state index contributed by atoms with van der Waals surface area (Å²) in [6, 6.07) is 0.939. The van der Waals surface area contributed by atoms with Crippen LogP contribution in [0, 0.1) is 0 Å². The Morgan fingerprint density at radius 1 is 0.830 bits per heavy atom. The van der Waals surface area contributed by atoms with Gasteiger partial charge >= 0.3 is 12.2 Å². The van der Waals surface area contributed by atoms with Gasteiger partial charge in [-0.05, 0) is 105 Å². The molecule has 272 valence electrons. The number of rotatable bonds is 6. The highest BCUT2D eigenvalue weighted by atomic mass is 35.5. The minimum absolute atomic E-state index is 0.0349. The van der Waals surface area contributed by atoms with Crippen LogP contribution >= 0.6 is 34.8 Å². The van der Waals surface area contributed by atoms with Crippen LogP contribution in [0.2, 0.25) is 0 Å². The van der Waals surface area contributed by atoms with Crippen LogP contribution in [0.3, 0.4) is 0 Å². The fraction of sp³-hybridized carbons (Fsp3) is 0.844. The number of piperazine rings is 1. The monoisotopic (exact) mass is 727 g/mol. The Labute approximate surface area is 295 Å². The lowest BCUT2D eigenvalue weighted by atomic mass is 10.1. The third-order valence-corrected chi connectivity index (χ3v) is 8.48. The first kappa shape index (κ1) is 43.2. The maximum Gasteiger partial charge on any atom is 0.410 e. The molecule has 0 saturated carbocycles. The summed E-state index contributed by atoms with van der Waals surface area (Å²) in [5.41, 5.74) is 4.68. The Balaban J connectivity index is 0.000000338. The number of ether oxygens (including phenoxy) is 2. The molecule has 4 fully saturated rings. The minimum atomic E-state index is -0.508.